The third kappa shape index (κ3) is 7.36. The maximum Gasteiger partial charge on any atom is 0.314 e. The summed E-state index contributed by atoms with van der Waals surface area (Å²) in [5.74, 6) is -2.62. The van der Waals surface area contributed by atoms with Gasteiger partial charge in [-0.05, 0) is 19.1 Å². The quantitative estimate of drug-likeness (QED) is 0.549. The van der Waals surface area contributed by atoms with Crippen molar-refractivity contribution >= 4 is 22.1 Å². The van der Waals surface area contributed by atoms with E-state index in [1.807, 2.05) is 6.92 Å². The zero-order valence-corrected chi connectivity index (χ0v) is 10.2. The molecule has 1 aromatic rings. The second kappa shape index (κ2) is 6.72. The molecule has 0 heterocycles. The molecule has 0 aliphatic carbocycles. The lowest BCUT2D eigenvalue weighted by Gasteiger charge is -1.95. The fourth-order valence-electron chi connectivity index (χ4n) is 0.840. The van der Waals surface area contributed by atoms with Crippen molar-refractivity contribution in [1.82, 2.24) is 0 Å². The number of carboxylic acid groups (broad SMARTS) is 2. The Kier molecular flexibility index (Phi) is 6.00. The summed E-state index contributed by atoms with van der Waals surface area (Å²) in [6.45, 7) is 1.84. The first kappa shape index (κ1) is 16.1. The van der Waals surface area contributed by atoms with Crippen LogP contribution in [0.15, 0.2) is 29.2 Å². The van der Waals surface area contributed by atoms with E-state index in [0.717, 1.165) is 5.56 Å². The Bertz CT molecular complexity index is 504. The Labute approximate surface area is 103 Å². The molecule has 0 aliphatic heterocycles. The minimum absolute atomic E-state index is 0.0666. The Morgan fingerprint density at radius 1 is 1.06 bits per heavy atom. The van der Waals surface area contributed by atoms with E-state index in [9.17, 15) is 18.0 Å². The van der Waals surface area contributed by atoms with Crippen LogP contribution < -0.4 is 0 Å². The summed E-state index contributed by atoms with van der Waals surface area (Å²) < 4.78 is 29.6. The van der Waals surface area contributed by atoms with Crippen LogP contribution in [0.1, 0.15) is 12.0 Å². The second-order valence-corrected chi connectivity index (χ2v) is 4.67. The van der Waals surface area contributed by atoms with Crippen LogP contribution in [0.5, 0.6) is 0 Å². The van der Waals surface area contributed by atoms with Crippen molar-refractivity contribution in [3.05, 3.63) is 29.8 Å². The summed E-state index contributed by atoms with van der Waals surface area (Å²) in [6, 6.07) is 5.99. The van der Waals surface area contributed by atoms with Crippen molar-refractivity contribution in [2.24, 2.45) is 0 Å². The molecule has 0 aliphatic rings. The fourth-order valence-corrected chi connectivity index (χ4v) is 1.32. The molecule has 0 fully saturated rings. The van der Waals surface area contributed by atoms with Crippen molar-refractivity contribution in [2.75, 3.05) is 0 Å². The third-order valence-corrected chi connectivity index (χ3v) is 2.49. The van der Waals surface area contributed by atoms with Gasteiger partial charge in [-0.25, -0.2) is 0 Å². The van der Waals surface area contributed by atoms with Gasteiger partial charge < -0.3 is 10.2 Å². The van der Waals surface area contributed by atoms with Crippen molar-refractivity contribution in [3.8, 4) is 0 Å². The summed E-state index contributed by atoms with van der Waals surface area (Å²) in [5, 5.41) is 15.4. The fraction of sp³-hybridized carbons (Fsp3) is 0.200. The Morgan fingerprint density at radius 2 is 1.44 bits per heavy atom. The van der Waals surface area contributed by atoms with Crippen LogP contribution in [-0.4, -0.2) is 35.1 Å². The van der Waals surface area contributed by atoms with Crippen molar-refractivity contribution in [3.63, 3.8) is 0 Å². The predicted octanol–water partition coefficient (Wildman–Crippen LogP) is 0.787. The highest BCUT2D eigenvalue weighted by atomic mass is 32.2. The smallest absolute Gasteiger partial charge is 0.314 e. The molecule has 0 saturated heterocycles. The van der Waals surface area contributed by atoms with Crippen LogP contribution in [0, 0.1) is 6.92 Å². The van der Waals surface area contributed by atoms with Gasteiger partial charge in [-0.1, -0.05) is 17.7 Å². The van der Waals surface area contributed by atoms with Crippen LogP contribution in [0.25, 0.3) is 0 Å². The molecule has 18 heavy (non-hydrogen) atoms. The molecule has 3 N–H and O–H groups in total. The summed E-state index contributed by atoms with van der Waals surface area (Å²) in [4.78, 5) is 18.8. The summed E-state index contributed by atoms with van der Waals surface area (Å²) in [6.07, 6.45) is -0.806. The molecule has 0 bridgehead atoms. The van der Waals surface area contributed by atoms with Gasteiger partial charge in [0.25, 0.3) is 10.1 Å². The SMILES string of the molecule is Cc1ccc(S(=O)(=O)O)cc1.O=C(O)CC(=O)O. The molecule has 100 valence electrons. The average molecular weight is 276 g/mol. The molecule has 0 unspecified atom stereocenters. The molecule has 0 atom stereocenters. The largest absolute Gasteiger partial charge is 0.481 e. The van der Waals surface area contributed by atoms with E-state index in [4.69, 9.17) is 14.8 Å². The van der Waals surface area contributed by atoms with E-state index < -0.39 is 28.5 Å². The molecule has 0 spiro atoms. The molecular weight excluding hydrogens is 264 g/mol. The molecule has 8 heteroatoms. The summed E-state index contributed by atoms with van der Waals surface area (Å²) >= 11 is 0. The number of benzene rings is 1. The van der Waals surface area contributed by atoms with Gasteiger partial charge in [0.05, 0.1) is 4.90 Å². The van der Waals surface area contributed by atoms with Crippen molar-refractivity contribution in [1.29, 1.82) is 0 Å². The second-order valence-electron chi connectivity index (χ2n) is 3.25. The standard InChI is InChI=1S/C7H8O3S.C3H4O4/c1-6-2-4-7(5-3-6)11(8,9)10;4-2(5)1-3(6)7/h2-5H,1H3,(H,8,9,10);1H2,(H,4,5)(H,6,7). The first-order valence-electron chi connectivity index (χ1n) is 4.60. The average Bonchev–Trinajstić information content (AvgIpc) is 2.15. The normalized spacial score (nSPS) is 10.1. The predicted molar refractivity (Wildman–Crippen MR) is 60.9 cm³/mol. The van der Waals surface area contributed by atoms with Crippen LogP contribution in [0.4, 0.5) is 0 Å². The number of carbonyl (C=O) groups is 2. The van der Waals surface area contributed by atoms with E-state index in [-0.39, 0.29) is 4.90 Å². The lowest BCUT2D eigenvalue weighted by Crippen LogP contribution is -2.03. The molecule has 1 rings (SSSR count). The van der Waals surface area contributed by atoms with E-state index in [0.29, 0.717) is 0 Å². The maximum atomic E-state index is 10.5. The molecule has 0 saturated carbocycles. The van der Waals surface area contributed by atoms with Crippen LogP contribution >= 0.6 is 0 Å². The number of aliphatic carboxylic acids is 2. The van der Waals surface area contributed by atoms with Crippen LogP contribution in [0.2, 0.25) is 0 Å². The van der Waals surface area contributed by atoms with Gasteiger partial charge in [0.15, 0.2) is 0 Å². The number of hydrogen-bond acceptors (Lipinski definition) is 4. The highest BCUT2D eigenvalue weighted by Crippen LogP contribution is 2.08. The van der Waals surface area contributed by atoms with Crippen molar-refractivity contribution < 1.29 is 32.8 Å². The van der Waals surface area contributed by atoms with Gasteiger partial charge in [-0.2, -0.15) is 8.42 Å². The zero-order chi connectivity index (χ0) is 14.3. The first-order valence-corrected chi connectivity index (χ1v) is 6.04. The van der Waals surface area contributed by atoms with E-state index in [1.165, 1.54) is 12.1 Å². The third-order valence-electron chi connectivity index (χ3n) is 1.62. The Morgan fingerprint density at radius 3 is 1.67 bits per heavy atom. The number of carboxylic acids is 2. The van der Waals surface area contributed by atoms with Crippen LogP contribution in [0.3, 0.4) is 0 Å². The maximum absolute atomic E-state index is 10.5. The monoisotopic (exact) mass is 276 g/mol. The van der Waals surface area contributed by atoms with Gasteiger partial charge in [0.1, 0.15) is 6.42 Å². The molecular formula is C10H12O7S. The molecule has 0 amide bonds. The highest BCUT2D eigenvalue weighted by Gasteiger charge is 2.06. The molecule has 0 aromatic heterocycles. The summed E-state index contributed by atoms with van der Waals surface area (Å²) in [5.41, 5.74) is 0.956. The molecule has 0 radical (unpaired) electrons. The van der Waals surface area contributed by atoms with Gasteiger partial charge in [0, 0.05) is 0 Å². The lowest BCUT2D eigenvalue weighted by molar-refractivity contribution is -0.147. The molecule has 1 aromatic carbocycles. The Hall–Kier alpha value is -1.93. The minimum atomic E-state index is -4.02. The highest BCUT2D eigenvalue weighted by molar-refractivity contribution is 7.85. The van der Waals surface area contributed by atoms with Crippen LogP contribution in [-0.2, 0) is 19.7 Å². The molecule has 7 nitrogen and oxygen atoms in total. The number of hydrogen-bond donors (Lipinski definition) is 3. The summed E-state index contributed by atoms with van der Waals surface area (Å²) in [7, 11) is -4.02. The number of rotatable bonds is 3. The van der Waals surface area contributed by atoms with Gasteiger partial charge in [-0.3, -0.25) is 14.1 Å². The van der Waals surface area contributed by atoms with E-state index in [1.54, 1.807) is 12.1 Å². The van der Waals surface area contributed by atoms with Gasteiger partial charge >= 0.3 is 11.9 Å². The van der Waals surface area contributed by atoms with E-state index in [2.05, 4.69) is 0 Å². The topological polar surface area (TPSA) is 129 Å². The van der Waals surface area contributed by atoms with Gasteiger partial charge in [0.2, 0.25) is 0 Å². The number of aryl methyl sites for hydroxylation is 1. The minimum Gasteiger partial charge on any atom is -0.481 e. The van der Waals surface area contributed by atoms with Crippen molar-refractivity contribution in [2.45, 2.75) is 18.2 Å². The van der Waals surface area contributed by atoms with Gasteiger partial charge in [-0.15, -0.1) is 0 Å². The first-order chi connectivity index (χ1) is 8.12. The Balaban J connectivity index is 0.000000360. The van der Waals surface area contributed by atoms with E-state index >= 15 is 0 Å². The zero-order valence-electron chi connectivity index (χ0n) is 9.40. The lowest BCUT2D eigenvalue weighted by atomic mass is 10.2.